The van der Waals surface area contributed by atoms with E-state index in [-0.39, 0.29) is 17.9 Å². The van der Waals surface area contributed by atoms with Crippen molar-refractivity contribution in [3.63, 3.8) is 0 Å². The van der Waals surface area contributed by atoms with E-state index in [1.165, 1.54) is 4.57 Å². The number of tetrazole rings is 1. The van der Waals surface area contributed by atoms with Gasteiger partial charge in [-0.1, -0.05) is 31.2 Å². The second-order valence-electron chi connectivity index (χ2n) is 6.05. The molecule has 0 aliphatic heterocycles. The maximum absolute atomic E-state index is 12.6. The van der Waals surface area contributed by atoms with Crippen LogP contribution in [0.2, 0.25) is 0 Å². The number of benzene rings is 1. The van der Waals surface area contributed by atoms with E-state index in [2.05, 4.69) is 20.4 Å². The van der Waals surface area contributed by atoms with Crippen LogP contribution in [0.5, 0.6) is 0 Å². The van der Waals surface area contributed by atoms with Gasteiger partial charge in [0.05, 0.1) is 0 Å². The predicted octanol–water partition coefficient (Wildman–Crippen LogP) is 0.374. The number of aromatic nitrogens is 6. The molecular formula is C17H19N7O3. The quantitative estimate of drug-likeness (QED) is 0.598. The molecule has 3 rings (SSSR count). The molecule has 10 nitrogen and oxygen atoms in total. The monoisotopic (exact) mass is 369 g/mol. The van der Waals surface area contributed by atoms with E-state index in [0.29, 0.717) is 18.8 Å². The van der Waals surface area contributed by atoms with Gasteiger partial charge in [0.25, 0.3) is 5.56 Å². The molecule has 0 amide bonds. The highest BCUT2D eigenvalue weighted by Crippen LogP contribution is 2.18. The number of anilines is 1. The first-order chi connectivity index (χ1) is 12.9. The van der Waals surface area contributed by atoms with Crippen molar-refractivity contribution in [1.29, 1.82) is 0 Å². The van der Waals surface area contributed by atoms with Crippen molar-refractivity contribution in [1.82, 2.24) is 29.8 Å². The zero-order chi connectivity index (χ0) is 19.6. The molecule has 0 radical (unpaired) electrons. The Morgan fingerprint density at radius 1 is 1.26 bits per heavy atom. The summed E-state index contributed by atoms with van der Waals surface area (Å²) in [5.74, 6) is -0.388. The van der Waals surface area contributed by atoms with E-state index < -0.39 is 17.0 Å². The molecule has 27 heavy (non-hydrogen) atoms. The van der Waals surface area contributed by atoms with E-state index in [0.717, 1.165) is 15.9 Å². The highest BCUT2D eigenvalue weighted by molar-refractivity contribution is 5.99. The Kier molecular flexibility index (Phi) is 4.97. The second kappa shape index (κ2) is 7.36. The van der Waals surface area contributed by atoms with Crippen molar-refractivity contribution < 1.29 is 4.79 Å². The Hall–Kier alpha value is -3.56. The van der Waals surface area contributed by atoms with Crippen molar-refractivity contribution >= 4 is 11.6 Å². The molecule has 0 bridgehead atoms. The van der Waals surface area contributed by atoms with Gasteiger partial charge in [0.15, 0.2) is 5.78 Å². The number of H-pyrrole nitrogens is 1. The third-order valence-corrected chi connectivity index (χ3v) is 4.09. The van der Waals surface area contributed by atoms with Gasteiger partial charge in [-0.05, 0) is 24.1 Å². The maximum Gasteiger partial charge on any atom is 0.329 e. The molecule has 0 saturated carbocycles. The molecule has 3 aromatic rings. The normalized spacial score (nSPS) is 10.9. The minimum Gasteiger partial charge on any atom is -0.384 e. The number of hydrogen-bond acceptors (Lipinski definition) is 7. The second-order valence-corrected chi connectivity index (χ2v) is 6.05. The molecule has 2 heterocycles. The van der Waals surface area contributed by atoms with Crippen LogP contribution in [0, 0.1) is 6.92 Å². The number of ketones is 1. The molecule has 0 atom stereocenters. The molecule has 0 aliphatic rings. The number of nitrogens with one attached hydrogen (secondary N) is 1. The lowest BCUT2D eigenvalue weighted by Gasteiger charge is -2.10. The number of nitrogens with zero attached hydrogens (tertiary/aromatic N) is 5. The topological polar surface area (TPSA) is 142 Å². The van der Waals surface area contributed by atoms with Gasteiger partial charge < -0.3 is 5.73 Å². The van der Waals surface area contributed by atoms with E-state index >= 15 is 0 Å². The number of aromatic amines is 1. The van der Waals surface area contributed by atoms with Gasteiger partial charge in [-0.25, -0.2) is 4.79 Å². The minimum absolute atomic E-state index is 0.158. The minimum atomic E-state index is -0.825. The Morgan fingerprint density at radius 2 is 2.00 bits per heavy atom. The molecule has 1 aromatic carbocycles. The summed E-state index contributed by atoms with van der Waals surface area (Å²) >= 11 is 0. The van der Waals surface area contributed by atoms with Crippen molar-refractivity contribution in [2.24, 2.45) is 0 Å². The van der Waals surface area contributed by atoms with Gasteiger partial charge in [0, 0.05) is 12.1 Å². The summed E-state index contributed by atoms with van der Waals surface area (Å²) in [4.78, 5) is 39.7. The van der Waals surface area contributed by atoms with Crippen LogP contribution in [-0.2, 0) is 13.1 Å². The van der Waals surface area contributed by atoms with E-state index in [1.54, 1.807) is 0 Å². The Balaban J connectivity index is 1.91. The number of nitrogen functional groups attached to an aromatic ring is 1. The molecule has 0 aliphatic carbocycles. The summed E-state index contributed by atoms with van der Waals surface area (Å²) in [5.41, 5.74) is 5.92. The summed E-state index contributed by atoms with van der Waals surface area (Å²) in [6.45, 7) is 3.74. The Morgan fingerprint density at radius 3 is 2.70 bits per heavy atom. The zero-order valence-corrected chi connectivity index (χ0v) is 15.0. The average molecular weight is 369 g/mol. The fourth-order valence-corrected chi connectivity index (χ4v) is 2.75. The van der Waals surface area contributed by atoms with Gasteiger partial charge in [0.2, 0.25) is 5.82 Å². The van der Waals surface area contributed by atoms with E-state index in [1.807, 2.05) is 38.1 Å². The third kappa shape index (κ3) is 3.54. The molecule has 0 fully saturated rings. The first-order valence-corrected chi connectivity index (χ1v) is 8.42. The average Bonchev–Trinajstić information content (AvgIpc) is 3.07. The van der Waals surface area contributed by atoms with Crippen molar-refractivity contribution in [3.05, 3.63) is 56.2 Å². The summed E-state index contributed by atoms with van der Waals surface area (Å²) < 4.78 is 1.17. The van der Waals surface area contributed by atoms with Gasteiger partial charge in [-0.2, -0.15) is 4.80 Å². The van der Waals surface area contributed by atoms with Crippen LogP contribution >= 0.6 is 0 Å². The van der Waals surface area contributed by atoms with Crippen LogP contribution in [-0.4, -0.2) is 35.5 Å². The predicted molar refractivity (Wildman–Crippen MR) is 98.3 cm³/mol. The van der Waals surface area contributed by atoms with Gasteiger partial charge in [-0.3, -0.25) is 19.1 Å². The molecule has 0 saturated heterocycles. The highest BCUT2D eigenvalue weighted by atomic mass is 16.2. The lowest BCUT2D eigenvalue weighted by atomic mass is 10.1. The van der Waals surface area contributed by atoms with Crippen LogP contribution in [0.4, 0.5) is 5.82 Å². The lowest BCUT2D eigenvalue weighted by Crippen LogP contribution is -2.37. The Bertz CT molecular complexity index is 1110. The molecule has 2 aromatic heterocycles. The zero-order valence-electron chi connectivity index (χ0n) is 15.0. The highest BCUT2D eigenvalue weighted by Gasteiger charge is 2.20. The molecule has 0 spiro atoms. The van der Waals surface area contributed by atoms with Crippen molar-refractivity contribution in [2.45, 2.75) is 33.4 Å². The maximum atomic E-state index is 12.6. The standard InChI is InChI=1S/C17H19N7O3/c1-3-8-23-14(18)13(16(26)19-17(23)27)12(25)9-24-21-15(20-22-24)11-7-5-4-6-10(11)2/h4-7H,3,8-9,18H2,1-2H3,(H,19,26,27). The molecule has 0 unspecified atom stereocenters. The summed E-state index contributed by atoms with van der Waals surface area (Å²) in [6.07, 6.45) is 0.619. The van der Waals surface area contributed by atoms with Crippen LogP contribution < -0.4 is 17.0 Å². The van der Waals surface area contributed by atoms with Crippen LogP contribution in [0.1, 0.15) is 29.3 Å². The fourth-order valence-electron chi connectivity index (χ4n) is 2.75. The molecule has 140 valence electrons. The third-order valence-electron chi connectivity index (χ3n) is 4.09. The van der Waals surface area contributed by atoms with Crippen LogP contribution in [0.25, 0.3) is 11.4 Å². The smallest absolute Gasteiger partial charge is 0.329 e. The molecule has 3 N–H and O–H groups in total. The number of carbonyl (C=O) groups is 1. The summed E-state index contributed by atoms with van der Waals surface area (Å²) in [5, 5.41) is 12.0. The number of rotatable bonds is 6. The molecular weight excluding hydrogens is 350 g/mol. The SMILES string of the molecule is CCCn1c(N)c(C(=O)Cn2nnc(-c3ccccc3C)n2)c(=O)[nH]c1=O. The molecule has 10 heteroatoms. The number of aryl methyl sites for hydroxylation is 1. The summed E-state index contributed by atoms with van der Waals surface area (Å²) in [6, 6.07) is 7.51. The number of Topliss-reactive ketones (excluding diaryl/α,β-unsaturated/α-hetero) is 1. The first-order valence-electron chi connectivity index (χ1n) is 8.42. The number of hydrogen-bond donors (Lipinski definition) is 2. The van der Waals surface area contributed by atoms with Crippen molar-refractivity contribution in [3.8, 4) is 11.4 Å². The van der Waals surface area contributed by atoms with Crippen LogP contribution in [0.3, 0.4) is 0 Å². The largest absolute Gasteiger partial charge is 0.384 e. The number of carbonyl (C=O) groups excluding carboxylic acids is 1. The lowest BCUT2D eigenvalue weighted by molar-refractivity contribution is 0.0960. The van der Waals surface area contributed by atoms with Gasteiger partial charge in [-0.15, -0.1) is 10.2 Å². The van der Waals surface area contributed by atoms with E-state index in [9.17, 15) is 14.4 Å². The van der Waals surface area contributed by atoms with E-state index in [4.69, 9.17) is 5.73 Å². The number of nitrogens with two attached hydrogens (primary N) is 1. The first kappa shape index (κ1) is 18.2. The van der Waals surface area contributed by atoms with Crippen LogP contribution in [0.15, 0.2) is 33.9 Å². The Labute approximate surface area is 153 Å². The van der Waals surface area contributed by atoms with Gasteiger partial charge >= 0.3 is 5.69 Å². The fraction of sp³-hybridized carbons (Fsp3) is 0.294. The van der Waals surface area contributed by atoms with Crippen molar-refractivity contribution in [2.75, 3.05) is 5.73 Å². The summed E-state index contributed by atoms with van der Waals surface area (Å²) in [7, 11) is 0. The van der Waals surface area contributed by atoms with Gasteiger partial charge in [0.1, 0.15) is 17.9 Å².